The van der Waals surface area contributed by atoms with Crippen molar-refractivity contribution in [2.45, 2.75) is 26.0 Å². The number of ether oxygens (including phenoxy) is 1. The van der Waals surface area contributed by atoms with E-state index >= 15 is 0 Å². The summed E-state index contributed by atoms with van der Waals surface area (Å²) in [5.41, 5.74) is 0.305. The molecule has 0 N–H and O–H groups in total. The lowest BCUT2D eigenvalue weighted by Gasteiger charge is -2.15. The third-order valence-electron chi connectivity index (χ3n) is 2.33. The highest BCUT2D eigenvalue weighted by atomic mass is 32.2. The molecule has 0 radical (unpaired) electrons. The van der Waals surface area contributed by atoms with Gasteiger partial charge in [0.25, 0.3) is 5.22 Å². The molecule has 0 saturated carbocycles. The third kappa shape index (κ3) is 3.80. The van der Waals surface area contributed by atoms with Crippen LogP contribution in [0.15, 0.2) is 34.3 Å². The zero-order valence-corrected chi connectivity index (χ0v) is 12.3. The van der Waals surface area contributed by atoms with Crippen molar-refractivity contribution in [3.63, 3.8) is 0 Å². The minimum Gasteiger partial charge on any atom is -0.454 e. The Labute approximate surface area is 120 Å². The number of thioether (sulfide) groups is 1. The van der Waals surface area contributed by atoms with E-state index in [0.717, 1.165) is 5.56 Å². The number of aromatic nitrogens is 3. The average Bonchev–Trinajstić information content (AvgIpc) is 2.87. The van der Waals surface area contributed by atoms with Gasteiger partial charge in [-0.25, -0.2) is 0 Å². The van der Waals surface area contributed by atoms with Crippen LogP contribution in [0.25, 0.3) is 11.4 Å². The van der Waals surface area contributed by atoms with Crippen LogP contribution < -0.4 is 0 Å². The second kappa shape index (κ2) is 6.04. The molecule has 0 aliphatic heterocycles. The van der Waals surface area contributed by atoms with E-state index < -0.39 is 5.41 Å². The van der Waals surface area contributed by atoms with Crippen molar-refractivity contribution >= 4 is 17.7 Å². The summed E-state index contributed by atoms with van der Waals surface area (Å²) in [6, 6.07) is 3.58. The van der Waals surface area contributed by atoms with Gasteiger partial charge in [-0.1, -0.05) is 5.16 Å². The fourth-order valence-corrected chi connectivity index (χ4v) is 1.74. The molecule has 6 nitrogen and oxygen atoms in total. The molecule has 0 amide bonds. The highest BCUT2D eigenvalue weighted by molar-refractivity contribution is 7.98. The Morgan fingerprint density at radius 2 is 2.05 bits per heavy atom. The van der Waals surface area contributed by atoms with Gasteiger partial charge >= 0.3 is 5.97 Å². The molecule has 0 atom stereocenters. The van der Waals surface area contributed by atoms with Crippen LogP contribution in [0.2, 0.25) is 0 Å². The summed E-state index contributed by atoms with van der Waals surface area (Å²) < 4.78 is 10.2. The number of carbonyl (C=O) groups is 1. The lowest BCUT2D eigenvalue weighted by atomic mass is 9.98. The molecule has 0 aliphatic carbocycles. The first-order valence-electron chi connectivity index (χ1n) is 6.01. The molecule has 2 rings (SSSR count). The van der Waals surface area contributed by atoms with E-state index in [4.69, 9.17) is 9.26 Å². The molecule has 2 aromatic heterocycles. The Morgan fingerprint density at radius 3 is 2.70 bits per heavy atom. The predicted molar refractivity (Wildman–Crippen MR) is 73.8 cm³/mol. The van der Waals surface area contributed by atoms with Crippen LogP contribution in [0.5, 0.6) is 0 Å². The van der Waals surface area contributed by atoms with Gasteiger partial charge in [-0.3, -0.25) is 9.78 Å². The fraction of sp³-hybridized carbons (Fsp3) is 0.385. The highest BCUT2D eigenvalue weighted by Gasteiger charge is 2.23. The van der Waals surface area contributed by atoms with E-state index in [-0.39, 0.29) is 11.9 Å². The SMILES string of the molecule is CC(C)(C)C(=O)OCSc1nc(-c2ccncc2)no1. The molecule has 0 aliphatic rings. The van der Waals surface area contributed by atoms with Gasteiger partial charge in [0.05, 0.1) is 5.41 Å². The lowest BCUT2D eigenvalue weighted by Crippen LogP contribution is -2.22. The smallest absolute Gasteiger partial charge is 0.312 e. The van der Waals surface area contributed by atoms with Crippen LogP contribution in [-0.2, 0) is 9.53 Å². The quantitative estimate of drug-likeness (QED) is 0.487. The molecular formula is C13H15N3O3S. The lowest BCUT2D eigenvalue weighted by molar-refractivity contribution is -0.150. The van der Waals surface area contributed by atoms with Crippen molar-refractivity contribution in [3.05, 3.63) is 24.5 Å². The van der Waals surface area contributed by atoms with Crippen LogP contribution in [-0.4, -0.2) is 27.0 Å². The Bertz CT molecular complexity index is 578. The van der Waals surface area contributed by atoms with Crippen molar-refractivity contribution in [1.29, 1.82) is 0 Å². The van der Waals surface area contributed by atoms with Gasteiger partial charge in [-0.2, -0.15) is 4.98 Å². The van der Waals surface area contributed by atoms with Crippen LogP contribution in [0.4, 0.5) is 0 Å². The summed E-state index contributed by atoms with van der Waals surface area (Å²) in [4.78, 5) is 19.7. The summed E-state index contributed by atoms with van der Waals surface area (Å²) >= 11 is 1.18. The Balaban J connectivity index is 1.90. The van der Waals surface area contributed by atoms with E-state index in [1.165, 1.54) is 11.8 Å². The molecule has 7 heteroatoms. The van der Waals surface area contributed by atoms with Crippen molar-refractivity contribution in [3.8, 4) is 11.4 Å². The standard InChI is InChI=1S/C13H15N3O3S/c1-13(2,3)11(17)18-8-20-12-15-10(16-19-12)9-4-6-14-7-5-9/h4-7H,8H2,1-3H3. The van der Waals surface area contributed by atoms with E-state index in [1.807, 2.05) is 0 Å². The van der Waals surface area contributed by atoms with Gasteiger partial charge < -0.3 is 9.26 Å². The maximum absolute atomic E-state index is 11.6. The average molecular weight is 293 g/mol. The van der Waals surface area contributed by atoms with E-state index in [9.17, 15) is 4.79 Å². The molecular weight excluding hydrogens is 278 g/mol. The number of pyridine rings is 1. The third-order valence-corrected chi connectivity index (χ3v) is 2.98. The topological polar surface area (TPSA) is 78.1 Å². The molecule has 20 heavy (non-hydrogen) atoms. The minimum absolute atomic E-state index is 0.147. The first-order valence-corrected chi connectivity index (χ1v) is 6.99. The monoisotopic (exact) mass is 293 g/mol. The van der Waals surface area contributed by atoms with Crippen LogP contribution >= 0.6 is 11.8 Å². The van der Waals surface area contributed by atoms with E-state index in [1.54, 1.807) is 45.3 Å². The normalized spacial score (nSPS) is 11.3. The minimum atomic E-state index is -0.516. The second-order valence-corrected chi connectivity index (χ2v) is 5.94. The molecule has 0 spiro atoms. The highest BCUT2D eigenvalue weighted by Crippen LogP contribution is 2.22. The summed E-state index contributed by atoms with van der Waals surface area (Å²) in [5.74, 6) is 0.365. The zero-order chi connectivity index (χ0) is 14.6. The fourth-order valence-electron chi connectivity index (χ4n) is 1.24. The largest absolute Gasteiger partial charge is 0.454 e. The Morgan fingerprint density at radius 1 is 1.35 bits per heavy atom. The predicted octanol–water partition coefficient (Wildman–Crippen LogP) is 2.77. The van der Waals surface area contributed by atoms with Gasteiger partial charge in [0.15, 0.2) is 0 Å². The molecule has 0 aromatic carbocycles. The van der Waals surface area contributed by atoms with Crippen molar-refractivity contribution < 1.29 is 14.1 Å². The summed E-state index contributed by atoms with van der Waals surface area (Å²) in [6.07, 6.45) is 3.31. The van der Waals surface area contributed by atoms with Gasteiger partial charge in [0.1, 0.15) is 5.94 Å². The molecule has 2 aromatic rings. The zero-order valence-electron chi connectivity index (χ0n) is 11.5. The first-order chi connectivity index (χ1) is 9.47. The molecule has 0 bridgehead atoms. The molecule has 0 saturated heterocycles. The Hall–Kier alpha value is -1.89. The van der Waals surface area contributed by atoms with Crippen LogP contribution in [0.3, 0.4) is 0 Å². The Kier molecular flexibility index (Phi) is 4.39. The number of nitrogens with zero attached hydrogens (tertiary/aromatic N) is 3. The van der Waals surface area contributed by atoms with Crippen molar-refractivity contribution in [1.82, 2.24) is 15.1 Å². The number of rotatable bonds is 4. The molecule has 0 unspecified atom stereocenters. The van der Waals surface area contributed by atoms with Gasteiger partial charge in [-0.05, 0) is 44.7 Å². The summed E-state index contributed by atoms with van der Waals surface area (Å²) in [5, 5.41) is 4.22. The van der Waals surface area contributed by atoms with Gasteiger partial charge in [0.2, 0.25) is 5.82 Å². The van der Waals surface area contributed by atoms with E-state index in [0.29, 0.717) is 11.0 Å². The second-order valence-electron chi connectivity index (χ2n) is 5.06. The molecule has 2 heterocycles. The molecule has 106 valence electrons. The van der Waals surface area contributed by atoms with Gasteiger partial charge in [-0.15, -0.1) is 0 Å². The van der Waals surface area contributed by atoms with Gasteiger partial charge in [0, 0.05) is 18.0 Å². The van der Waals surface area contributed by atoms with Crippen LogP contribution in [0.1, 0.15) is 20.8 Å². The van der Waals surface area contributed by atoms with E-state index in [2.05, 4.69) is 15.1 Å². The number of carbonyl (C=O) groups excluding carboxylic acids is 1. The van der Waals surface area contributed by atoms with Crippen molar-refractivity contribution in [2.75, 3.05) is 5.94 Å². The summed E-state index contributed by atoms with van der Waals surface area (Å²) in [7, 11) is 0. The maximum atomic E-state index is 11.6. The number of esters is 1. The number of hydrogen-bond acceptors (Lipinski definition) is 7. The summed E-state index contributed by atoms with van der Waals surface area (Å²) in [6.45, 7) is 5.40. The molecule has 0 fully saturated rings. The van der Waals surface area contributed by atoms with Crippen LogP contribution in [0, 0.1) is 5.41 Å². The van der Waals surface area contributed by atoms with Crippen molar-refractivity contribution in [2.24, 2.45) is 5.41 Å². The first kappa shape index (κ1) is 14.5. The number of hydrogen-bond donors (Lipinski definition) is 0. The maximum Gasteiger partial charge on any atom is 0.312 e.